The van der Waals surface area contributed by atoms with E-state index in [2.05, 4.69) is 102 Å². The maximum absolute atomic E-state index is 5.32. The Labute approximate surface area is 240 Å². The van der Waals surface area contributed by atoms with Gasteiger partial charge in [0, 0.05) is 27.8 Å². The van der Waals surface area contributed by atoms with Gasteiger partial charge in [-0.15, -0.1) is 0 Å². The van der Waals surface area contributed by atoms with Crippen LogP contribution in [0, 0.1) is 23.7 Å². The number of hydrogen-bond donors (Lipinski definition) is 0. The molecule has 0 bridgehead atoms. The molecule has 0 aliphatic rings. The van der Waals surface area contributed by atoms with Crippen molar-refractivity contribution >= 4 is 0 Å². The first-order valence-corrected chi connectivity index (χ1v) is 13.6. The van der Waals surface area contributed by atoms with Gasteiger partial charge in [-0.1, -0.05) is 89.5 Å². The second-order valence-corrected chi connectivity index (χ2v) is 12.0. The highest BCUT2D eigenvalue weighted by Gasteiger charge is 2.20. The lowest BCUT2D eigenvalue weighted by Crippen LogP contribution is -2.12. The van der Waals surface area contributed by atoms with E-state index in [1.165, 1.54) is 11.1 Å². The predicted molar refractivity (Wildman–Crippen MR) is 167 cm³/mol. The Morgan fingerprint density at radius 3 is 1.23 bits per heavy atom. The molecule has 202 valence electrons. The number of ether oxygens (including phenoxy) is 2. The highest BCUT2D eigenvalue weighted by Crippen LogP contribution is 2.34. The van der Waals surface area contributed by atoms with Gasteiger partial charge in [0.15, 0.2) is 0 Å². The van der Waals surface area contributed by atoms with Gasteiger partial charge in [-0.05, 0) is 88.2 Å². The second-order valence-electron chi connectivity index (χ2n) is 12.0. The van der Waals surface area contributed by atoms with Gasteiger partial charge in [0.25, 0.3) is 0 Å². The van der Waals surface area contributed by atoms with E-state index in [4.69, 9.17) is 9.47 Å². The molecule has 4 rings (SSSR count). The number of methoxy groups -OCH3 is 2. The van der Waals surface area contributed by atoms with Crippen molar-refractivity contribution in [3.63, 3.8) is 0 Å². The van der Waals surface area contributed by atoms with E-state index in [1.54, 1.807) is 14.2 Å². The van der Waals surface area contributed by atoms with Crippen LogP contribution in [0.1, 0.15) is 74.9 Å². The molecule has 0 N–H and O–H groups in total. The van der Waals surface area contributed by atoms with Crippen molar-refractivity contribution in [1.82, 2.24) is 0 Å². The minimum absolute atomic E-state index is 0.0677. The molecule has 4 aromatic carbocycles. The zero-order valence-electron chi connectivity index (χ0n) is 24.9. The normalized spacial score (nSPS) is 11.1. The van der Waals surface area contributed by atoms with Gasteiger partial charge in [-0.3, -0.25) is 0 Å². The average Bonchev–Trinajstić information content (AvgIpc) is 2.94. The predicted octanol–water partition coefficient (Wildman–Crippen LogP) is 8.77. The van der Waals surface area contributed by atoms with E-state index < -0.39 is 0 Å². The van der Waals surface area contributed by atoms with Gasteiger partial charge in [0.05, 0.1) is 14.2 Å². The number of rotatable bonds is 3. The monoisotopic (exact) mass is 526 g/mol. The molecule has 0 fully saturated rings. The SMILES string of the molecule is COc1ccc(C#Cc2cc(C(C)(C)C)cc(C#Cc3ccc(OC)cc3)c2-c2ccc(C(C)(C)C)cc2)cc1. The van der Waals surface area contributed by atoms with Gasteiger partial charge in [0.2, 0.25) is 0 Å². The van der Waals surface area contributed by atoms with Crippen molar-refractivity contribution < 1.29 is 9.47 Å². The van der Waals surface area contributed by atoms with Crippen LogP contribution in [0.2, 0.25) is 0 Å². The Bertz CT molecular complexity index is 1500. The van der Waals surface area contributed by atoms with Crippen LogP contribution in [-0.2, 0) is 10.8 Å². The summed E-state index contributed by atoms with van der Waals surface area (Å²) in [6, 6.07) is 29.0. The zero-order valence-corrected chi connectivity index (χ0v) is 24.9. The summed E-state index contributed by atoms with van der Waals surface area (Å²) in [4.78, 5) is 0. The summed E-state index contributed by atoms with van der Waals surface area (Å²) in [6.45, 7) is 13.4. The van der Waals surface area contributed by atoms with E-state index in [0.29, 0.717) is 0 Å². The van der Waals surface area contributed by atoms with Crippen LogP contribution in [0.15, 0.2) is 84.9 Å². The molecular weight excluding hydrogens is 488 g/mol. The molecule has 0 spiro atoms. The minimum atomic E-state index is -0.0677. The molecule has 0 aliphatic heterocycles. The fourth-order valence-electron chi connectivity index (χ4n) is 4.35. The van der Waals surface area contributed by atoms with Crippen LogP contribution < -0.4 is 9.47 Å². The first-order valence-electron chi connectivity index (χ1n) is 13.6. The van der Waals surface area contributed by atoms with Crippen LogP contribution >= 0.6 is 0 Å². The molecule has 0 heterocycles. The number of hydrogen-bond acceptors (Lipinski definition) is 2. The van der Waals surface area contributed by atoms with Crippen molar-refractivity contribution in [3.05, 3.63) is 118 Å². The van der Waals surface area contributed by atoms with Crippen LogP contribution in [0.3, 0.4) is 0 Å². The van der Waals surface area contributed by atoms with Gasteiger partial charge in [0.1, 0.15) is 11.5 Å². The summed E-state index contributed by atoms with van der Waals surface area (Å²) >= 11 is 0. The number of benzene rings is 4. The molecule has 40 heavy (non-hydrogen) atoms. The summed E-state index contributed by atoms with van der Waals surface area (Å²) in [7, 11) is 3.34. The molecule has 0 amide bonds. The zero-order chi connectivity index (χ0) is 28.9. The summed E-state index contributed by atoms with van der Waals surface area (Å²) in [6.07, 6.45) is 0. The van der Waals surface area contributed by atoms with Crippen molar-refractivity contribution in [3.8, 4) is 46.3 Å². The third-order valence-electron chi connectivity index (χ3n) is 6.91. The third kappa shape index (κ3) is 6.97. The van der Waals surface area contributed by atoms with Crippen LogP contribution in [-0.4, -0.2) is 14.2 Å². The minimum Gasteiger partial charge on any atom is -0.497 e. The Balaban J connectivity index is 1.94. The first kappa shape index (κ1) is 28.6. The van der Waals surface area contributed by atoms with Crippen molar-refractivity contribution in [2.24, 2.45) is 0 Å². The lowest BCUT2D eigenvalue weighted by Gasteiger charge is -2.22. The van der Waals surface area contributed by atoms with Gasteiger partial charge in [-0.25, -0.2) is 0 Å². The van der Waals surface area contributed by atoms with Crippen molar-refractivity contribution in [1.29, 1.82) is 0 Å². The fourth-order valence-corrected chi connectivity index (χ4v) is 4.35. The van der Waals surface area contributed by atoms with E-state index in [0.717, 1.165) is 44.9 Å². The molecule has 0 radical (unpaired) electrons. The standard InChI is InChI=1S/C38H38O2/c1-37(2,3)32-19-17-29(18-20-32)36-30(15-9-27-11-21-34(39-7)22-12-27)25-33(38(4,5)6)26-31(36)16-10-28-13-23-35(40-8)24-14-28/h11-14,17-26H,1-8H3. The topological polar surface area (TPSA) is 18.5 Å². The lowest BCUT2D eigenvalue weighted by molar-refractivity contribution is 0.414. The van der Waals surface area contributed by atoms with E-state index in [1.807, 2.05) is 48.5 Å². The summed E-state index contributed by atoms with van der Waals surface area (Å²) in [5.41, 5.74) is 8.44. The van der Waals surface area contributed by atoms with Gasteiger partial charge >= 0.3 is 0 Å². The van der Waals surface area contributed by atoms with E-state index in [9.17, 15) is 0 Å². The van der Waals surface area contributed by atoms with E-state index >= 15 is 0 Å². The van der Waals surface area contributed by atoms with Crippen molar-refractivity contribution in [2.75, 3.05) is 14.2 Å². The molecular formula is C38H38O2. The first-order chi connectivity index (χ1) is 19.0. The molecule has 0 saturated heterocycles. The molecule has 0 aromatic heterocycles. The van der Waals surface area contributed by atoms with Crippen LogP contribution in [0.4, 0.5) is 0 Å². The summed E-state index contributed by atoms with van der Waals surface area (Å²) in [5.74, 6) is 15.4. The summed E-state index contributed by atoms with van der Waals surface area (Å²) in [5, 5.41) is 0. The fraction of sp³-hybridized carbons (Fsp3) is 0.263. The Morgan fingerprint density at radius 1 is 0.475 bits per heavy atom. The Kier molecular flexibility index (Phi) is 8.42. The highest BCUT2D eigenvalue weighted by molar-refractivity contribution is 5.79. The van der Waals surface area contributed by atoms with Crippen LogP contribution in [0.25, 0.3) is 11.1 Å². The van der Waals surface area contributed by atoms with Gasteiger partial charge < -0.3 is 9.47 Å². The molecule has 0 saturated carbocycles. The molecule has 0 aliphatic carbocycles. The second kappa shape index (κ2) is 11.8. The molecule has 4 aromatic rings. The van der Waals surface area contributed by atoms with E-state index in [-0.39, 0.29) is 10.8 Å². The average molecular weight is 527 g/mol. The molecule has 0 atom stereocenters. The largest absolute Gasteiger partial charge is 0.497 e. The maximum atomic E-state index is 5.32. The third-order valence-corrected chi connectivity index (χ3v) is 6.91. The Morgan fingerprint density at radius 2 is 0.875 bits per heavy atom. The highest BCUT2D eigenvalue weighted by atomic mass is 16.5. The Hall–Kier alpha value is -4.40. The molecule has 0 unspecified atom stereocenters. The lowest BCUT2D eigenvalue weighted by atomic mass is 9.81. The quantitative estimate of drug-likeness (QED) is 0.248. The summed E-state index contributed by atoms with van der Waals surface area (Å²) < 4.78 is 10.6. The van der Waals surface area contributed by atoms with Crippen molar-refractivity contribution in [2.45, 2.75) is 52.4 Å². The molecule has 2 nitrogen and oxygen atoms in total. The van der Waals surface area contributed by atoms with Gasteiger partial charge in [-0.2, -0.15) is 0 Å². The molecule has 2 heteroatoms. The maximum Gasteiger partial charge on any atom is 0.118 e. The van der Waals surface area contributed by atoms with Crippen LogP contribution in [0.5, 0.6) is 11.5 Å². The smallest absolute Gasteiger partial charge is 0.118 e.